The topological polar surface area (TPSA) is 38.8 Å². The number of benzene rings is 1. The number of halogens is 1. The molecule has 0 radical (unpaired) electrons. The van der Waals surface area contributed by atoms with Crippen molar-refractivity contribution in [2.75, 3.05) is 31.6 Å². The Morgan fingerprint density at radius 1 is 1.42 bits per heavy atom. The van der Waals surface area contributed by atoms with Crippen LogP contribution in [0, 0.1) is 0 Å². The molecule has 3 rings (SSSR count). The molecule has 1 fully saturated rings. The van der Waals surface area contributed by atoms with Gasteiger partial charge in [-0.05, 0) is 23.8 Å². The second kappa shape index (κ2) is 5.51. The Bertz CT molecular complexity index is 492. The van der Waals surface area contributed by atoms with Gasteiger partial charge in [-0.3, -0.25) is 4.79 Å². The zero-order valence-corrected chi connectivity index (χ0v) is 12.2. The quantitative estimate of drug-likeness (QED) is 0.779. The van der Waals surface area contributed by atoms with E-state index in [9.17, 15) is 4.79 Å². The molecule has 1 aromatic carbocycles. The first kappa shape index (κ1) is 12.9. The summed E-state index contributed by atoms with van der Waals surface area (Å²) in [6.07, 6.45) is 0.985. The first-order valence-electron chi connectivity index (χ1n) is 6.50. The van der Waals surface area contributed by atoms with Crippen LogP contribution in [-0.2, 0) is 11.2 Å². The molecule has 0 saturated carbocycles. The first-order chi connectivity index (χ1) is 9.28. The third-order valence-corrected chi connectivity index (χ3v) is 4.26. The van der Waals surface area contributed by atoms with E-state index in [1.165, 1.54) is 0 Å². The normalized spacial score (nSPS) is 21.9. The molecular weight excluding hydrogens is 310 g/mol. The van der Waals surface area contributed by atoms with Crippen molar-refractivity contribution < 1.29 is 14.3 Å². The third kappa shape index (κ3) is 2.62. The Morgan fingerprint density at radius 2 is 2.32 bits per heavy atom. The van der Waals surface area contributed by atoms with Gasteiger partial charge in [0.15, 0.2) is 0 Å². The summed E-state index contributed by atoms with van der Waals surface area (Å²) in [6.45, 7) is 2.64. The number of amides is 1. The molecule has 0 spiro atoms. The van der Waals surface area contributed by atoms with E-state index in [0.717, 1.165) is 35.2 Å². The standard InChI is InChI=1S/C14H16BrNO3/c15-8-12-9-16(4-6-18-12)14(17)11-1-2-13-10(7-11)3-5-19-13/h1-2,7,12H,3-6,8-9H2. The molecular formula is C14H16BrNO3. The van der Waals surface area contributed by atoms with Gasteiger partial charge in [0, 0.05) is 30.4 Å². The smallest absolute Gasteiger partial charge is 0.254 e. The summed E-state index contributed by atoms with van der Waals surface area (Å²) in [5.74, 6) is 1.00. The maximum absolute atomic E-state index is 12.5. The summed E-state index contributed by atoms with van der Waals surface area (Å²) < 4.78 is 11.0. The van der Waals surface area contributed by atoms with Crippen LogP contribution in [0.1, 0.15) is 15.9 Å². The number of hydrogen-bond donors (Lipinski definition) is 0. The highest BCUT2D eigenvalue weighted by atomic mass is 79.9. The molecule has 1 amide bonds. The minimum Gasteiger partial charge on any atom is -0.493 e. The molecule has 1 saturated heterocycles. The van der Waals surface area contributed by atoms with E-state index in [4.69, 9.17) is 9.47 Å². The monoisotopic (exact) mass is 325 g/mol. The van der Waals surface area contributed by atoms with E-state index in [-0.39, 0.29) is 12.0 Å². The summed E-state index contributed by atoms with van der Waals surface area (Å²) in [5, 5.41) is 0.759. The Balaban J connectivity index is 1.76. The van der Waals surface area contributed by atoms with Gasteiger partial charge in [0.05, 0.1) is 19.3 Å². The van der Waals surface area contributed by atoms with Crippen molar-refractivity contribution in [3.8, 4) is 5.75 Å². The molecule has 2 heterocycles. The summed E-state index contributed by atoms with van der Waals surface area (Å²) in [7, 11) is 0. The highest BCUT2D eigenvalue weighted by molar-refractivity contribution is 9.09. The highest BCUT2D eigenvalue weighted by Crippen LogP contribution is 2.26. The summed E-state index contributed by atoms with van der Waals surface area (Å²) in [5.41, 5.74) is 1.88. The van der Waals surface area contributed by atoms with Crippen LogP contribution < -0.4 is 4.74 Å². The minimum atomic E-state index is 0.0870. The molecule has 1 aromatic rings. The number of ether oxygens (including phenoxy) is 2. The van der Waals surface area contributed by atoms with Crippen molar-refractivity contribution in [3.63, 3.8) is 0 Å². The molecule has 4 nitrogen and oxygen atoms in total. The molecule has 102 valence electrons. The average molecular weight is 326 g/mol. The van der Waals surface area contributed by atoms with E-state index in [1.807, 2.05) is 23.1 Å². The van der Waals surface area contributed by atoms with E-state index in [0.29, 0.717) is 19.7 Å². The molecule has 5 heteroatoms. The summed E-state index contributed by atoms with van der Waals surface area (Å²) in [4.78, 5) is 14.3. The number of carbonyl (C=O) groups excluding carboxylic acids is 1. The van der Waals surface area contributed by atoms with Gasteiger partial charge in [0.1, 0.15) is 5.75 Å². The van der Waals surface area contributed by atoms with Crippen molar-refractivity contribution in [2.45, 2.75) is 12.5 Å². The third-order valence-electron chi connectivity index (χ3n) is 3.53. The Kier molecular flexibility index (Phi) is 3.75. The molecule has 2 aliphatic heterocycles. The fourth-order valence-corrected chi connectivity index (χ4v) is 2.89. The lowest BCUT2D eigenvalue weighted by molar-refractivity contribution is -0.00965. The molecule has 1 unspecified atom stereocenters. The lowest BCUT2D eigenvalue weighted by atomic mass is 10.1. The van der Waals surface area contributed by atoms with Crippen LogP contribution in [0.5, 0.6) is 5.75 Å². The van der Waals surface area contributed by atoms with E-state index in [1.54, 1.807) is 0 Å². The van der Waals surface area contributed by atoms with Crippen molar-refractivity contribution in [1.82, 2.24) is 4.90 Å². The predicted octanol–water partition coefficient (Wildman–Crippen LogP) is 1.86. The number of alkyl halides is 1. The van der Waals surface area contributed by atoms with Crippen molar-refractivity contribution in [1.29, 1.82) is 0 Å². The molecule has 0 aliphatic carbocycles. The lowest BCUT2D eigenvalue weighted by Gasteiger charge is -2.32. The van der Waals surface area contributed by atoms with Gasteiger partial charge in [0.2, 0.25) is 0 Å². The van der Waals surface area contributed by atoms with Crippen LogP contribution in [0.4, 0.5) is 0 Å². The van der Waals surface area contributed by atoms with Gasteiger partial charge in [-0.1, -0.05) is 15.9 Å². The molecule has 19 heavy (non-hydrogen) atoms. The van der Waals surface area contributed by atoms with E-state index >= 15 is 0 Å². The van der Waals surface area contributed by atoms with Gasteiger partial charge in [-0.2, -0.15) is 0 Å². The van der Waals surface area contributed by atoms with Crippen molar-refractivity contribution in [3.05, 3.63) is 29.3 Å². The van der Waals surface area contributed by atoms with Gasteiger partial charge >= 0.3 is 0 Å². The van der Waals surface area contributed by atoms with Crippen molar-refractivity contribution in [2.24, 2.45) is 0 Å². The fourth-order valence-electron chi connectivity index (χ4n) is 2.50. The van der Waals surface area contributed by atoms with Crippen LogP contribution in [0.15, 0.2) is 18.2 Å². The zero-order valence-electron chi connectivity index (χ0n) is 10.6. The van der Waals surface area contributed by atoms with E-state index in [2.05, 4.69) is 15.9 Å². The van der Waals surface area contributed by atoms with Gasteiger partial charge in [-0.25, -0.2) is 0 Å². The average Bonchev–Trinajstić information content (AvgIpc) is 2.94. The number of carbonyl (C=O) groups is 1. The number of morpholine rings is 1. The van der Waals surface area contributed by atoms with Crippen LogP contribution in [0.3, 0.4) is 0 Å². The molecule has 0 aromatic heterocycles. The molecule has 0 N–H and O–H groups in total. The predicted molar refractivity (Wildman–Crippen MR) is 75.1 cm³/mol. The second-order valence-corrected chi connectivity index (χ2v) is 5.47. The summed E-state index contributed by atoms with van der Waals surface area (Å²) >= 11 is 3.40. The van der Waals surface area contributed by atoms with Crippen LogP contribution in [0.25, 0.3) is 0 Å². The lowest BCUT2D eigenvalue weighted by Crippen LogP contribution is -2.46. The number of hydrogen-bond acceptors (Lipinski definition) is 3. The summed E-state index contributed by atoms with van der Waals surface area (Å²) in [6, 6.07) is 5.71. The van der Waals surface area contributed by atoms with Crippen LogP contribution in [0.2, 0.25) is 0 Å². The number of nitrogens with zero attached hydrogens (tertiary/aromatic N) is 1. The maximum Gasteiger partial charge on any atom is 0.254 e. The molecule has 1 atom stereocenters. The van der Waals surface area contributed by atoms with Crippen molar-refractivity contribution >= 4 is 21.8 Å². The van der Waals surface area contributed by atoms with Gasteiger partial charge in [-0.15, -0.1) is 0 Å². The Labute approximate surface area is 120 Å². The van der Waals surface area contributed by atoms with Crippen LogP contribution in [-0.4, -0.2) is 48.5 Å². The SMILES string of the molecule is O=C(c1ccc2c(c1)CCO2)N1CCOC(CBr)C1. The van der Waals surface area contributed by atoms with Crippen LogP contribution >= 0.6 is 15.9 Å². The van der Waals surface area contributed by atoms with Gasteiger partial charge in [0.25, 0.3) is 5.91 Å². The number of rotatable bonds is 2. The maximum atomic E-state index is 12.5. The van der Waals surface area contributed by atoms with Gasteiger partial charge < -0.3 is 14.4 Å². The molecule has 2 aliphatic rings. The Morgan fingerprint density at radius 3 is 3.16 bits per heavy atom. The minimum absolute atomic E-state index is 0.0870. The number of fused-ring (bicyclic) bond motifs is 1. The fraction of sp³-hybridized carbons (Fsp3) is 0.500. The first-order valence-corrected chi connectivity index (χ1v) is 7.62. The molecule has 0 bridgehead atoms. The largest absolute Gasteiger partial charge is 0.493 e. The second-order valence-electron chi connectivity index (χ2n) is 4.82. The van der Waals surface area contributed by atoms with E-state index < -0.39 is 0 Å². The zero-order chi connectivity index (χ0) is 13.2. The Hall–Kier alpha value is -1.07. The highest BCUT2D eigenvalue weighted by Gasteiger charge is 2.25.